The third-order valence-corrected chi connectivity index (χ3v) is 3.44. The molecule has 6 heteroatoms. The van der Waals surface area contributed by atoms with Gasteiger partial charge in [0.1, 0.15) is 0 Å². The summed E-state index contributed by atoms with van der Waals surface area (Å²) in [5.74, 6) is 0.131. The molecule has 1 amide bonds. The van der Waals surface area contributed by atoms with Gasteiger partial charge >= 0.3 is 0 Å². The summed E-state index contributed by atoms with van der Waals surface area (Å²) in [7, 11) is 0. The molecule has 2 unspecified atom stereocenters. The number of halogens is 2. The van der Waals surface area contributed by atoms with Gasteiger partial charge in [-0.25, -0.2) is 8.78 Å². The van der Waals surface area contributed by atoms with Crippen molar-refractivity contribution >= 4 is 5.91 Å². The molecular weight excluding hydrogens is 254 g/mol. The minimum absolute atomic E-state index is 0.0477. The lowest BCUT2D eigenvalue weighted by atomic mass is 9.91. The summed E-state index contributed by atoms with van der Waals surface area (Å²) >= 11 is 0. The number of nitrogens with zero attached hydrogens (tertiary/aromatic N) is 1. The Bertz CT molecular complexity index is 288. The fourth-order valence-corrected chi connectivity index (χ4v) is 2.54. The van der Waals surface area contributed by atoms with Crippen LogP contribution in [0.2, 0.25) is 0 Å². The first-order valence-electron chi connectivity index (χ1n) is 6.85. The molecule has 0 aromatic rings. The SMILES string of the molecule is CC(C)C(=O)N1CC(CCO)CC(NCC(F)F)C1. The Morgan fingerprint density at radius 3 is 2.63 bits per heavy atom. The van der Waals surface area contributed by atoms with Gasteiger partial charge in [0.15, 0.2) is 0 Å². The molecule has 1 aliphatic heterocycles. The molecule has 1 aliphatic rings. The van der Waals surface area contributed by atoms with Gasteiger partial charge in [-0.3, -0.25) is 4.79 Å². The van der Waals surface area contributed by atoms with Gasteiger partial charge < -0.3 is 15.3 Å². The number of carbonyl (C=O) groups excluding carboxylic acids is 1. The largest absolute Gasteiger partial charge is 0.396 e. The predicted octanol–water partition coefficient (Wildman–Crippen LogP) is 1.10. The van der Waals surface area contributed by atoms with Crippen LogP contribution in [0.1, 0.15) is 26.7 Å². The van der Waals surface area contributed by atoms with E-state index in [1.54, 1.807) is 4.90 Å². The first-order valence-corrected chi connectivity index (χ1v) is 6.85. The number of aliphatic hydroxyl groups excluding tert-OH is 1. The van der Waals surface area contributed by atoms with Gasteiger partial charge in [-0.2, -0.15) is 0 Å². The predicted molar refractivity (Wildman–Crippen MR) is 69.0 cm³/mol. The lowest BCUT2D eigenvalue weighted by Gasteiger charge is -2.39. The van der Waals surface area contributed by atoms with Gasteiger partial charge in [0, 0.05) is 31.7 Å². The summed E-state index contributed by atoms with van der Waals surface area (Å²) in [5.41, 5.74) is 0. The molecule has 2 atom stereocenters. The zero-order chi connectivity index (χ0) is 14.4. The third-order valence-electron chi connectivity index (χ3n) is 3.44. The van der Waals surface area contributed by atoms with Crippen molar-refractivity contribution in [3.8, 4) is 0 Å². The van der Waals surface area contributed by atoms with Crippen molar-refractivity contribution in [2.75, 3.05) is 26.2 Å². The molecule has 19 heavy (non-hydrogen) atoms. The normalized spacial score (nSPS) is 24.3. The molecule has 1 rings (SSSR count). The average Bonchev–Trinajstić information content (AvgIpc) is 2.35. The van der Waals surface area contributed by atoms with Gasteiger partial charge in [-0.1, -0.05) is 13.8 Å². The molecule has 0 radical (unpaired) electrons. The van der Waals surface area contributed by atoms with Crippen LogP contribution in [0.3, 0.4) is 0 Å². The minimum atomic E-state index is -2.38. The summed E-state index contributed by atoms with van der Waals surface area (Å²) in [4.78, 5) is 13.8. The summed E-state index contributed by atoms with van der Waals surface area (Å²) in [5, 5.41) is 11.8. The maximum Gasteiger partial charge on any atom is 0.250 e. The van der Waals surface area contributed by atoms with E-state index in [1.165, 1.54) is 0 Å². The summed E-state index contributed by atoms with van der Waals surface area (Å²) < 4.78 is 24.5. The number of alkyl halides is 2. The van der Waals surface area contributed by atoms with E-state index in [4.69, 9.17) is 5.11 Å². The second-order valence-electron chi connectivity index (χ2n) is 5.51. The number of likely N-dealkylation sites (tertiary alicyclic amines) is 1. The average molecular weight is 278 g/mol. The maximum atomic E-state index is 12.2. The van der Waals surface area contributed by atoms with Gasteiger partial charge in [0.25, 0.3) is 6.43 Å². The molecule has 0 aromatic heterocycles. The van der Waals surface area contributed by atoms with E-state index in [0.717, 1.165) is 6.42 Å². The first kappa shape index (κ1) is 16.3. The summed E-state index contributed by atoms with van der Waals surface area (Å²) in [6.07, 6.45) is -1.04. The van der Waals surface area contributed by atoms with Crippen LogP contribution >= 0.6 is 0 Å². The summed E-state index contributed by atoms with van der Waals surface area (Å²) in [6, 6.07) is -0.109. The van der Waals surface area contributed by atoms with Crippen LogP contribution in [0.25, 0.3) is 0 Å². The van der Waals surface area contributed by atoms with Crippen molar-refractivity contribution in [3.63, 3.8) is 0 Å². The van der Waals surface area contributed by atoms with Crippen LogP contribution in [0.15, 0.2) is 0 Å². The Morgan fingerprint density at radius 2 is 2.11 bits per heavy atom. The van der Waals surface area contributed by atoms with Crippen molar-refractivity contribution in [2.45, 2.75) is 39.2 Å². The fourth-order valence-electron chi connectivity index (χ4n) is 2.54. The van der Waals surface area contributed by atoms with Crippen LogP contribution in [0.5, 0.6) is 0 Å². The van der Waals surface area contributed by atoms with E-state index in [9.17, 15) is 13.6 Å². The number of piperidine rings is 1. The van der Waals surface area contributed by atoms with Crippen molar-refractivity contribution in [3.05, 3.63) is 0 Å². The molecule has 1 fully saturated rings. The molecule has 1 saturated heterocycles. The molecule has 0 aliphatic carbocycles. The van der Waals surface area contributed by atoms with Crippen molar-refractivity contribution in [1.82, 2.24) is 10.2 Å². The molecule has 2 N–H and O–H groups in total. The fraction of sp³-hybridized carbons (Fsp3) is 0.923. The van der Waals surface area contributed by atoms with Crippen molar-refractivity contribution in [2.24, 2.45) is 11.8 Å². The van der Waals surface area contributed by atoms with Crippen molar-refractivity contribution < 1.29 is 18.7 Å². The topological polar surface area (TPSA) is 52.6 Å². The second kappa shape index (κ2) is 7.75. The van der Waals surface area contributed by atoms with Gasteiger partial charge in [-0.15, -0.1) is 0 Å². The zero-order valence-corrected chi connectivity index (χ0v) is 11.6. The lowest BCUT2D eigenvalue weighted by Crippen LogP contribution is -2.53. The van der Waals surface area contributed by atoms with Gasteiger partial charge in [0.2, 0.25) is 5.91 Å². The highest BCUT2D eigenvalue weighted by Crippen LogP contribution is 2.21. The molecule has 0 spiro atoms. The molecule has 112 valence electrons. The second-order valence-corrected chi connectivity index (χ2v) is 5.51. The summed E-state index contributed by atoms with van der Waals surface area (Å²) in [6.45, 7) is 4.48. The Kier molecular flexibility index (Phi) is 6.65. The molecule has 0 saturated carbocycles. The van der Waals surface area contributed by atoms with Gasteiger partial charge in [-0.05, 0) is 18.8 Å². The quantitative estimate of drug-likeness (QED) is 0.765. The lowest BCUT2D eigenvalue weighted by molar-refractivity contribution is -0.137. The van der Waals surface area contributed by atoms with Crippen LogP contribution < -0.4 is 5.32 Å². The standard InChI is InChI=1S/C13H24F2N2O2/c1-9(2)13(19)17-7-10(3-4-18)5-11(8-17)16-6-12(14)15/h9-12,16,18H,3-8H2,1-2H3. The molecule has 0 aromatic carbocycles. The van der Waals surface area contributed by atoms with Crippen LogP contribution in [-0.2, 0) is 4.79 Å². The Morgan fingerprint density at radius 1 is 1.42 bits per heavy atom. The smallest absolute Gasteiger partial charge is 0.250 e. The monoisotopic (exact) mass is 278 g/mol. The maximum absolute atomic E-state index is 12.2. The Labute approximate surface area is 113 Å². The Hall–Kier alpha value is -0.750. The van der Waals surface area contributed by atoms with E-state index < -0.39 is 6.43 Å². The number of hydrogen-bond donors (Lipinski definition) is 2. The number of amides is 1. The van der Waals surface area contributed by atoms with Gasteiger partial charge in [0.05, 0.1) is 6.54 Å². The van der Waals surface area contributed by atoms with Crippen LogP contribution in [-0.4, -0.2) is 54.6 Å². The highest BCUT2D eigenvalue weighted by Gasteiger charge is 2.30. The van der Waals surface area contributed by atoms with E-state index >= 15 is 0 Å². The molecule has 1 heterocycles. The highest BCUT2D eigenvalue weighted by atomic mass is 19.3. The van der Waals surface area contributed by atoms with E-state index in [-0.39, 0.29) is 36.9 Å². The van der Waals surface area contributed by atoms with Crippen LogP contribution in [0.4, 0.5) is 8.78 Å². The van der Waals surface area contributed by atoms with E-state index in [2.05, 4.69) is 5.32 Å². The zero-order valence-electron chi connectivity index (χ0n) is 11.6. The van der Waals surface area contributed by atoms with E-state index in [1.807, 2.05) is 13.8 Å². The number of rotatable bonds is 6. The van der Waals surface area contributed by atoms with E-state index in [0.29, 0.717) is 19.5 Å². The molecule has 4 nitrogen and oxygen atoms in total. The van der Waals surface area contributed by atoms with Crippen LogP contribution in [0, 0.1) is 11.8 Å². The van der Waals surface area contributed by atoms with Crippen molar-refractivity contribution in [1.29, 1.82) is 0 Å². The number of aliphatic hydroxyl groups is 1. The number of carbonyl (C=O) groups is 1. The minimum Gasteiger partial charge on any atom is -0.396 e. The molecular formula is C13H24F2N2O2. The Balaban J connectivity index is 2.59. The first-order chi connectivity index (χ1) is 8.93. The third kappa shape index (κ3) is 5.40. The highest BCUT2D eigenvalue weighted by molar-refractivity contribution is 5.78. The molecule has 0 bridgehead atoms. The number of hydrogen-bond acceptors (Lipinski definition) is 3. The number of nitrogens with one attached hydrogen (secondary N) is 1.